The average Bonchev–Trinajstić information content (AvgIpc) is 3.16. The first kappa shape index (κ1) is 28.2. The molecular formula is C21H37F3O6S. The number of esters is 1. The Hall–Kier alpha value is -0.870. The Labute approximate surface area is 184 Å². The van der Waals surface area contributed by atoms with Crippen molar-refractivity contribution < 1.29 is 40.0 Å². The summed E-state index contributed by atoms with van der Waals surface area (Å²) in [5.41, 5.74) is -5.45. The summed E-state index contributed by atoms with van der Waals surface area (Å²) in [7, 11) is -5.62. The molecule has 1 fully saturated rings. The molecule has 0 aromatic rings. The van der Waals surface area contributed by atoms with Gasteiger partial charge >= 0.3 is 21.6 Å². The van der Waals surface area contributed by atoms with Crippen LogP contribution in [0.5, 0.6) is 0 Å². The standard InChI is InChI=1S/C21H37F3O6S/c1-2-3-4-5-6-7-8-9-10-11-12-13-20(25)28-16-18-14-15-19(30-18)17-29-31(26,27)21(22,23)24/h18-19H,2-17H2,1H3/t18-,19+/m0/s1. The van der Waals surface area contributed by atoms with Crippen molar-refractivity contribution in [1.29, 1.82) is 0 Å². The number of alkyl halides is 3. The second-order valence-electron chi connectivity index (χ2n) is 8.11. The maximum Gasteiger partial charge on any atom is 0.523 e. The lowest BCUT2D eigenvalue weighted by atomic mass is 10.1. The Morgan fingerprint density at radius 2 is 1.35 bits per heavy atom. The highest BCUT2D eigenvalue weighted by atomic mass is 32.2. The monoisotopic (exact) mass is 474 g/mol. The van der Waals surface area contributed by atoms with Crippen molar-refractivity contribution in [2.45, 2.75) is 115 Å². The molecule has 1 aliphatic rings. The molecule has 10 heteroatoms. The molecular weight excluding hydrogens is 437 g/mol. The van der Waals surface area contributed by atoms with Crippen molar-refractivity contribution in [2.75, 3.05) is 13.2 Å². The lowest BCUT2D eigenvalue weighted by molar-refractivity contribution is -0.148. The van der Waals surface area contributed by atoms with E-state index in [1.54, 1.807) is 0 Å². The van der Waals surface area contributed by atoms with E-state index in [1.807, 2.05) is 0 Å². The third kappa shape index (κ3) is 12.7. The fourth-order valence-corrected chi connectivity index (χ4v) is 3.91. The maximum atomic E-state index is 12.2. The minimum Gasteiger partial charge on any atom is -0.463 e. The summed E-state index contributed by atoms with van der Waals surface area (Å²) >= 11 is 0. The van der Waals surface area contributed by atoms with Crippen LogP contribution in [0.2, 0.25) is 0 Å². The lowest BCUT2D eigenvalue weighted by Gasteiger charge is -2.15. The number of hydrogen-bond acceptors (Lipinski definition) is 6. The van der Waals surface area contributed by atoms with Crippen molar-refractivity contribution in [1.82, 2.24) is 0 Å². The number of ether oxygens (including phenoxy) is 2. The van der Waals surface area contributed by atoms with Crippen LogP contribution in [0.3, 0.4) is 0 Å². The third-order valence-corrected chi connectivity index (χ3v) is 6.32. The van der Waals surface area contributed by atoms with E-state index in [4.69, 9.17) is 9.47 Å². The van der Waals surface area contributed by atoms with Crippen LogP contribution in [0.15, 0.2) is 0 Å². The Kier molecular flexibility index (Phi) is 13.7. The maximum absolute atomic E-state index is 12.2. The predicted octanol–water partition coefficient (Wildman–Crippen LogP) is 5.64. The van der Waals surface area contributed by atoms with Gasteiger partial charge in [-0.15, -0.1) is 0 Å². The molecule has 1 heterocycles. The van der Waals surface area contributed by atoms with Gasteiger partial charge < -0.3 is 9.47 Å². The van der Waals surface area contributed by atoms with E-state index in [0.717, 1.165) is 19.3 Å². The summed E-state index contributed by atoms with van der Waals surface area (Å²) in [5.74, 6) is -0.320. The molecule has 0 spiro atoms. The second-order valence-corrected chi connectivity index (χ2v) is 9.72. The number of unbranched alkanes of at least 4 members (excludes halogenated alkanes) is 10. The van der Waals surface area contributed by atoms with E-state index in [-0.39, 0.29) is 12.6 Å². The van der Waals surface area contributed by atoms with Crippen molar-refractivity contribution in [3.63, 3.8) is 0 Å². The molecule has 1 saturated heterocycles. The van der Waals surface area contributed by atoms with Crippen molar-refractivity contribution >= 4 is 16.1 Å². The van der Waals surface area contributed by atoms with Crippen molar-refractivity contribution in [3.05, 3.63) is 0 Å². The van der Waals surface area contributed by atoms with Gasteiger partial charge in [0.25, 0.3) is 0 Å². The molecule has 0 aliphatic carbocycles. The average molecular weight is 475 g/mol. The van der Waals surface area contributed by atoms with Gasteiger partial charge in [-0.25, -0.2) is 0 Å². The minimum atomic E-state index is -5.62. The van der Waals surface area contributed by atoms with Crippen LogP contribution in [-0.4, -0.2) is 45.3 Å². The van der Waals surface area contributed by atoms with Gasteiger partial charge in [0.05, 0.1) is 18.8 Å². The zero-order valence-corrected chi connectivity index (χ0v) is 19.3. The van der Waals surface area contributed by atoms with Gasteiger partial charge in [-0.1, -0.05) is 71.1 Å². The predicted molar refractivity (Wildman–Crippen MR) is 111 cm³/mol. The summed E-state index contributed by atoms with van der Waals surface area (Å²) < 4.78 is 73.0. The highest BCUT2D eigenvalue weighted by Gasteiger charge is 2.47. The molecule has 2 atom stereocenters. The molecule has 0 aromatic carbocycles. The molecule has 1 rings (SSSR count). The van der Waals surface area contributed by atoms with Crippen molar-refractivity contribution in [2.24, 2.45) is 0 Å². The number of hydrogen-bond donors (Lipinski definition) is 0. The van der Waals surface area contributed by atoms with Crippen LogP contribution in [-0.2, 0) is 28.6 Å². The van der Waals surface area contributed by atoms with E-state index >= 15 is 0 Å². The zero-order chi connectivity index (χ0) is 23.2. The van der Waals surface area contributed by atoms with Gasteiger partial charge in [-0.05, 0) is 19.3 Å². The first-order valence-corrected chi connectivity index (χ1v) is 12.8. The number of rotatable bonds is 17. The Balaban J connectivity index is 2.00. The fraction of sp³-hybridized carbons (Fsp3) is 0.952. The summed E-state index contributed by atoms with van der Waals surface area (Å²) in [5, 5.41) is 0. The number of carbonyl (C=O) groups excluding carboxylic acids is 1. The molecule has 0 N–H and O–H groups in total. The molecule has 184 valence electrons. The molecule has 0 saturated carbocycles. The topological polar surface area (TPSA) is 78.9 Å². The molecule has 0 bridgehead atoms. The summed E-state index contributed by atoms with van der Waals surface area (Å²) in [6, 6.07) is 0. The molecule has 0 unspecified atom stereocenters. The minimum absolute atomic E-state index is 0.0133. The Bertz CT molecular complexity index is 594. The van der Waals surface area contributed by atoms with Crippen LogP contribution < -0.4 is 0 Å². The van der Waals surface area contributed by atoms with Crippen LogP contribution in [0, 0.1) is 0 Å². The largest absolute Gasteiger partial charge is 0.523 e. The van der Waals surface area contributed by atoms with Gasteiger partial charge in [0.1, 0.15) is 6.61 Å². The smallest absolute Gasteiger partial charge is 0.463 e. The number of halogens is 3. The van der Waals surface area contributed by atoms with E-state index in [9.17, 15) is 26.4 Å². The highest BCUT2D eigenvalue weighted by molar-refractivity contribution is 7.87. The van der Waals surface area contributed by atoms with E-state index in [0.29, 0.717) is 19.3 Å². The fourth-order valence-electron chi connectivity index (χ4n) is 3.45. The van der Waals surface area contributed by atoms with Crippen LogP contribution in [0.4, 0.5) is 13.2 Å². The molecule has 0 amide bonds. The van der Waals surface area contributed by atoms with Crippen LogP contribution in [0.1, 0.15) is 96.8 Å². The van der Waals surface area contributed by atoms with Crippen LogP contribution in [0.25, 0.3) is 0 Å². The molecule has 0 aromatic heterocycles. The Morgan fingerprint density at radius 1 is 0.871 bits per heavy atom. The van der Waals surface area contributed by atoms with Gasteiger partial charge in [0, 0.05) is 6.42 Å². The molecule has 1 aliphatic heterocycles. The second kappa shape index (κ2) is 15.1. The molecule has 0 radical (unpaired) electrons. The molecule has 31 heavy (non-hydrogen) atoms. The highest BCUT2D eigenvalue weighted by Crippen LogP contribution is 2.27. The first-order chi connectivity index (χ1) is 14.7. The SMILES string of the molecule is CCCCCCCCCCCCCC(=O)OC[C@@H]1CC[C@H](COS(=O)(=O)C(F)(F)F)O1. The first-order valence-electron chi connectivity index (χ1n) is 11.4. The van der Waals surface area contributed by atoms with Gasteiger partial charge in [-0.3, -0.25) is 8.98 Å². The zero-order valence-electron chi connectivity index (χ0n) is 18.5. The normalized spacial score (nSPS) is 19.6. The number of carbonyl (C=O) groups is 1. The van der Waals surface area contributed by atoms with Gasteiger partial charge in [-0.2, -0.15) is 21.6 Å². The van der Waals surface area contributed by atoms with Gasteiger partial charge in [0.2, 0.25) is 0 Å². The summed E-state index contributed by atoms with van der Waals surface area (Å²) in [4.78, 5) is 11.8. The van der Waals surface area contributed by atoms with E-state index < -0.39 is 34.4 Å². The summed E-state index contributed by atoms with van der Waals surface area (Å²) in [6.45, 7) is 1.52. The van der Waals surface area contributed by atoms with E-state index in [1.165, 1.54) is 51.4 Å². The summed E-state index contributed by atoms with van der Waals surface area (Å²) in [6.07, 6.45) is 13.0. The quantitative estimate of drug-likeness (QED) is 0.117. The Morgan fingerprint density at radius 3 is 1.87 bits per heavy atom. The van der Waals surface area contributed by atoms with Crippen molar-refractivity contribution in [3.8, 4) is 0 Å². The third-order valence-electron chi connectivity index (χ3n) is 5.30. The van der Waals surface area contributed by atoms with Crippen LogP contribution >= 0.6 is 0 Å². The molecule has 6 nitrogen and oxygen atoms in total. The van der Waals surface area contributed by atoms with Gasteiger partial charge in [0.15, 0.2) is 0 Å². The van der Waals surface area contributed by atoms with E-state index in [2.05, 4.69) is 11.1 Å². The lowest BCUT2D eigenvalue weighted by Crippen LogP contribution is -2.29.